The van der Waals surface area contributed by atoms with Crippen LogP contribution in [0.2, 0.25) is 0 Å². The number of H-pyrrole nitrogens is 1. The minimum Gasteiger partial charge on any atom is -0.361 e. The molecule has 2 aromatic heterocycles. The lowest BCUT2D eigenvalue weighted by Crippen LogP contribution is -2.16. The van der Waals surface area contributed by atoms with Crippen molar-refractivity contribution in [1.29, 1.82) is 5.26 Å². The van der Waals surface area contributed by atoms with Gasteiger partial charge in [0.25, 0.3) is 0 Å². The maximum atomic E-state index is 9.08. The molecule has 0 spiro atoms. The summed E-state index contributed by atoms with van der Waals surface area (Å²) in [6, 6.07) is 12.2. The highest BCUT2D eigenvalue weighted by atomic mass is 14.9. The monoisotopic (exact) mass is 302 g/mol. The fraction of sp³-hybridized carbons (Fsp3) is 0.263. The molecule has 4 nitrogen and oxygen atoms in total. The van der Waals surface area contributed by atoms with Crippen molar-refractivity contribution in [2.24, 2.45) is 5.92 Å². The number of hydrogen-bond donors (Lipinski definition) is 2. The average Bonchev–Trinajstić information content (AvgIpc) is 3.24. The lowest BCUT2D eigenvalue weighted by atomic mass is 10.1. The normalized spacial score (nSPS) is 19.6. The first-order valence-corrected chi connectivity index (χ1v) is 7.96. The molecule has 0 bridgehead atoms. The lowest BCUT2D eigenvalue weighted by molar-refractivity contribution is 0.627. The van der Waals surface area contributed by atoms with Crippen LogP contribution in [0.3, 0.4) is 0 Å². The van der Waals surface area contributed by atoms with Gasteiger partial charge in [0.05, 0.1) is 11.6 Å². The van der Waals surface area contributed by atoms with Gasteiger partial charge in [-0.3, -0.25) is 4.98 Å². The number of hydrogen-bond acceptors (Lipinski definition) is 3. The van der Waals surface area contributed by atoms with Gasteiger partial charge in [-0.2, -0.15) is 5.26 Å². The molecule has 0 radical (unpaired) electrons. The molecule has 0 saturated heterocycles. The Bertz CT molecular complexity index is 860. The first-order chi connectivity index (χ1) is 11.3. The van der Waals surface area contributed by atoms with Crippen molar-refractivity contribution in [2.45, 2.75) is 18.9 Å². The van der Waals surface area contributed by atoms with E-state index in [9.17, 15) is 0 Å². The quantitative estimate of drug-likeness (QED) is 0.760. The number of nitrogens with one attached hydrogen (secondary N) is 2. The minimum atomic E-state index is 0.600. The molecule has 2 N–H and O–H groups in total. The van der Waals surface area contributed by atoms with Gasteiger partial charge >= 0.3 is 0 Å². The summed E-state index contributed by atoms with van der Waals surface area (Å²) in [4.78, 5) is 7.36. The summed E-state index contributed by atoms with van der Waals surface area (Å²) in [6.45, 7) is 1.91. The van der Waals surface area contributed by atoms with Gasteiger partial charge in [0.1, 0.15) is 0 Å². The second-order valence-electron chi connectivity index (χ2n) is 6.20. The van der Waals surface area contributed by atoms with E-state index in [2.05, 4.69) is 27.6 Å². The largest absolute Gasteiger partial charge is 0.361 e. The summed E-state index contributed by atoms with van der Waals surface area (Å²) in [5, 5.41) is 13.8. The zero-order valence-corrected chi connectivity index (χ0v) is 12.8. The van der Waals surface area contributed by atoms with E-state index in [1.807, 2.05) is 42.7 Å². The Morgan fingerprint density at radius 3 is 2.96 bits per heavy atom. The van der Waals surface area contributed by atoms with Crippen LogP contribution < -0.4 is 5.32 Å². The van der Waals surface area contributed by atoms with Crippen LogP contribution in [0.4, 0.5) is 0 Å². The Morgan fingerprint density at radius 2 is 2.13 bits per heavy atom. The van der Waals surface area contributed by atoms with E-state index in [0.717, 1.165) is 24.2 Å². The fourth-order valence-electron chi connectivity index (χ4n) is 3.28. The number of aromatic nitrogens is 2. The third kappa shape index (κ3) is 2.84. The van der Waals surface area contributed by atoms with Crippen LogP contribution in [-0.4, -0.2) is 16.5 Å². The van der Waals surface area contributed by atoms with Gasteiger partial charge in [-0.1, -0.05) is 0 Å². The van der Waals surface area contributed by atoms with Crippen molar-refractivity contribution in [2.75, 3.05) is 6.54 Å². The molecule has 2 atom stereocenters. The van der Waals surface area contributed by atoms with E-state index >= 15 is 0 Å². The summed E-state index contributed by atoms with van der Waals surface area (Å²) < 4.78 is 0. The van der Waals surface area contributed by atoms with E-state index < -0.39 is 0 Å². The molecular weight excluding hydrogens is 284 g/mol. The Kier molecular flexibility index (Phi) is 3.57. The van der Waals surface area contributed by atoms with Crippen LogP contribution in [0.5, 0.6) is 0 Å². The Labute approximate surface area is 135 Å². The molecule has 1 aliphatic rings. The van der Waals surface area contributed by atoms with Crippen molar-refractivity contribution in [3.8, 4) is 6.07 Å². The Balaban J connectivity index is 1.40. The second kappa shape index (κ2) is 5.86. The summed E-state index contributed by atoms with van der Waals surface area (Å²) in [5.41, 5.74) is 4.47. The summed E-state index contributed by atoms with van der Waals surface area (Å²) >= 11 is 0. The van der Waals surface area contributed by atoms with Crippen molar-refractivity contribution in [3.05, 3.63) is 65.6 Å². The molecule has 23 heavy (non-hydrogen) atoms. The van der Waals surface area contributed by atoms with Gasteiger partial charge in [-0.25, -0.2) is 0 Å². The van der Waals surface area contributed by atoms with Crippen LogP contribution in [0.25, 0.3) is 10.9 Å². The molecule has 2 unspecified atom stereocenters. The SMILES string of the molecule is N#Cc1ccc2[nH]cc(C3CC3CNCc3ccncc3)c2c1. The second-order valence-corrected chi connectivity index (χ2v) is 6.20. The molecule has 114 valence electrons. The smallest absolute Gasteiger partial charge is 0.0991 e. The van der Waals surface area contributed by atoms with Gasteiger partial charge in [0.15, 0.2) is 0 Å². The zero-order valence-electron chi connectivity index (χ0n) is 12.8. The van der Waals surface area contributed by atoms with E-state index in [4.69, 9.17) is 5.26 Å². The van der Waals surface area contributed by atoms with Crippen molar-refractivity contribution in [3.63, 3.8) is 0 Å². The van der Waals surface area contributed by atoms with Crippen molar-refractivity contribution in [1.82, 2.24) is 15.3 Å². The lowest BCUT2D eigenvalue weighted by Gasteiger charge is -2.04. The summed E-state index contributed by atoms with van der Waals surface area (Å²) in [7, 11) is 0. The van der Waals surface area contributed by atoms with Gasteiger partial charge in [-0.15, -0.1) is 0 Å². The van der Waals surface area contributed by atoms with Gasteiger partial charge < -0.3 is 10.3 Å². The first-order valence-electron chi connectivity index (χ1n) is 7.96. The molecule has 0 amide bonds. The van der Waals surface area contributed by atoms with Crippen LogP contribution >= 0.6 is 0 Å². The number of pyridine rings is 1. The molecule has 4 rings (SSSR count). The maximum Gasteiger partial charge on any atom is 0.0991 e. The first kappa shape index (κ1) is 14.0. The standard InChI is InChI=1S/C19H18N4/c20-9-14-1-2-19-17(7-14)18(12-23-19)16-8-15(16)11-22-10-13-3-5-21-6-4-13/h1-7,12,15-16,22-23H,8,10-11H2. The number of nitriles is 1. The topological polar surface area (TPSA) is 64.5 Å². The molecule has 4 heteroatoms. The Hall–Kier alpha value is -2.64. The highest BCUT2D eigenvalue weighted by molar-refractivity contribution is 5.85. The Morgan fingerprint density at radius 1 is 1.26 bits per heavy atom. The summed E-state index contributed by atoms with van der Waals surface area (Å²) in [5.74, 6) is 1.28. The molecule has 2 heterocycles. The predicted molar refractivity (Wildman–Crippen MR) is 89.8 cm³/mol. The van der Waals surface area contributed by atoms with E-state index in [0.29, 0.717) is 11.8 Å². The molecule has 1 saturated carbocycles. The third-order valence-electron chi connectivity index (χ3n) is 4.65. The van der Waals surface area contributed by atoms with Crippen LogP contribution in [-0.2, 0) is 6.54 Å². The van der Waals surface area contributed by atoms with E-state index in [1.54, 1.807) is 0 Å². The number of benzene rings is 1. The highest BCUT2D eigenvalue weighted by Gasteiger charge is 2.39. The van der Waals surface area contributed by atoms with Crippen LogP contribution in [0, 0.1) is 17.2 Å². The van der Waals surface area contributed by atoms with Crippen LogP contribution in [0.1, 0.15) is 29.0 Å². The molecular formula is C19H18N4. The third-order valence-corrected chi connectivity index (χ3v) is 4.65. The van der Waals surface area contributed by atoms with Crippen molar-refractivity contribution < 1.29 is 0 Å². The van der Waals surface area contributed by atoms with Crippen molar-refractivity contribution >= 4 is 10.9 Å². The minimum absolute atomic E-state index is 0.600. The molecule has 1 aromatic carbocycles. The number of nitrogens with zero attached hydrogens (tertiary/aromatic N) is 2. The van der Waals surface area contributed by atoms with E-state index in [1.165, 1.54) is 22.9 Å². The molecule has 3 aromatic rings. The highest BCUT2D eigenvalue weighted by Crippen LogP contribution is 2.49. The van der Waals surface area contributed by atoms with Gasteiger partial charge in [0, 0.05) is 36.0 Å². The number of fused-ring (bicyclic) bond motifs is 1. The van der Waals surface area contributed by atoms with Crippen LogP contribution in [0.15, 0.2) is 48.9 Å². The number of rotatable bonds is 5. The molecule has 0 aliphatic heterocycles. The van der Waals surface area contributed by atoms with Gasteiger partial charge in [-0.05, 0) is 66.3 Å². The molecule has 1 aliphatic carbocycles. The molecule has 1 fully saturated rings. The predicted octanol–water partition coefficient (Wildman–Crippen LogP) is 3.33. The van der Waals surface area contributed by atoms with Gasteiger partial charge in [0.2, 0.25) is 0 Å². The number of aromatic amines is 1. The van der Waals surface area contributed by atoms with E-state index in [-0.39, 0.29) is 0 Å². The average molecular weight is 302 g/mol. The zero-order chi connectivity index (χ0) is 15.6. The fourth-order valence-corrected chi connectivity index (χ4v) is 3.28. The summed E-state index contributed by atoms with van der Waals surface area (Å²) in [6.07, 6.45) is 6.98. The maximum absolute atomic E-state index is 9.08.